The molecular formula is C22H24N6O4S. The van der Waals surface area contributed by atoms with Crippen LogP contribution in [0.5, 0.6) is 0 Å². The molecule has 0 spiro atoms. The first-order valence-electron chi connectivity index (χ1n) is 10.3. The summed E-state index contributed by atoms with van der Waals surface area (Å²) in [6.07, 6.45) is 0. The number of carbonyl (C=O) groups is 2. The van der Waals surface area contributed by atoms with Crippen LogP contribution in [0.1, 0.15) is 34.2 Å². The van der Waals surface area contributed by atoms with Crippen molar-refractivity contribution in [1.29, 1.82) is 0 Å². The van der Waals surface area contributed by atoms with E-state index in [2.05, 4.69) is 15.7 Å². The Balaban J connectivity index is 1.72. The molecule has 2 N–H and O–H groups in total. The highest BCUT2D eigenvalue weighted by atomic mass is 32.1. The highest BCUT2D eigenvalue weighted by Gasteiger charge is 2.16. The maximum Gasteiger partial charge on any atom is 0.274 e. The van der Waals surface area contributed by atoms with Gasteiger partial charge in [-0.1, -0.05) is 24.3 Å². The molecule has 3 aromatic rings. The molecule has 0 radical (unpaired) electrons. The van der Waals surface area contributed by atoms with Crippen LogP contribution in [0.15, 0.2) is 42.5 Å². The Bertz CT molecular complexity index is 1280. The summed E-state index contributed by atoms with van der Waals surface area (Å²) in [7, 11) is 0. The lowest BCUT2D eigenvalue weighted by molar-refractivity contribution is -0.385. The van der Waals surface area contributed by atoms with Gasteiger partial charge in [-0.3, -0.25) is 19.7 Å². The molecule has 0 unspecified atom stereocenters. The maximum absolute atomic E-state index is 12.5. The Morgan fingerprint density at radius 3 is 2.55 bits per heavy atom. The Labute approximate surface area is 195 Å². The van der Waals surface area contributed by atoms with Gasteiger partial charge in [0.25, 0.3) is 11.6 Å². The monoisotopic (exact) mass is 468 g/mol. The number of benzene rings is 2. The number of hydrogen-bond acceptors (Lipinski definition) is 6. The zero-order valence-corrected chi connectivity index (χ0v) is 19.3. The van der Waals surface area contributed by atoms with E-state index in [0.717, 1.165) is 5.56 Å². The van der Waals surface area contributed by atoms with Crippen LogP contribution in [0.25, 0.3) is 0 Å². The topological polar surface area (TPSA) is 124 Å². The molecule has 0 aliphatic heterocycles. The van der Waals surface area contributed by atoms with E-state index < -0.39 is 10.8 Å². The number of hydrogen-bond donors (Lipinski definition) is 2. The summed E-state index contributed by atoms with van der Waals surface area (Å²) in [6, 6.07) is 11.7. The summed E-state index contributed by atoms with van der Waals surface area (Å²) in [5.41, 5.74) is 2.17. The number of aromatic nitrogens is 3. The Morgan fingerprint density at radius 2 is 1.88 bits per heavy atom. The lowest BCUT2D eigenvalue weighted by Crippen LogP contribution is -2.25. The zero-order chi connectivity index (χ0) is 24.1. The van der Waals surface area contributed by atoms with E-state index >= 15 is 0 Å². The van der Waals surface area contributed by atoms with E-state index in [4.69, 9.17) is 12.2 Å². The van der Waals surface area contributed by atoms with Crippen molar-refractivity contribution < 1.29 is 14.5 Å². The third-order valence-corrected chi connectivity index (χ3v) is 5.53. The Kier molecular flexibility index (Phi) is 7.34. The predicted octanol–water partition coefficient (Wildman–Crippen LogP) is 3.53. The predicted molar refractivity (Wildman–Crippen MR) is 126 cm³/mol. The number of nitrogens with zero attached hydrogens (tertiary/aromatic N) is 4. The molecule has 33 heavy (non-hydrogen) atoms. The molecular weight excluding hydrogens is 444 g/mol. The van der Waals surface area contributed by atoms with E-state index in [1.165, 1.54) is 10.7 Å². The van der Waals surface area contributed by atoms with E-state index in [1.54, 1.807) is 35.8 Å². The molecule has 0 fully saturated rings. The average Bonchev–Trinajstić information content (AvgIpc) is 3.07. The van der Waals surface area contributed by atoms with Crippen molar-refractivity contribution in [3.05, 3.63) is 79.9 Å². The van der Waals surface area contributed by atoms with Gasteiger partial charge >= 0.3 is 0 Å². The molecule has 0 saturated heterocycles. The average molecular weight is 469 g/mol. The molecule has 172 valence electrons. The molecule has 0 atom stereocenters. The SMILES string of the molecule is CCn1c(CNC(=O)c2ccccc2C)nn(CC(=O)Nc2ccc(C)c([N+](=O)[O-])c2)c1=S. The molecule has 0 aliphatic carbocycles. The van der Waals surface area contributed by atoms with Crippen molar-refractivity contribution in [2.45, 2.75) is 40.4 Å². The van der Waals surface area contributed by atoms with Gasteiger partial charge in [0.2, 0.25) is 5.91 Å². The van der Waals surface area contributed by atoms with Gasteiger partial charge in [0.1, 0.15) is 6.54 Å². The number of nitrogens with one attached hydrogen (secondary N) is 2. The third kappa shape index (κ3) is 5.50. The molecule has 11 heteroatoms. The quantitative estimate of drug-likeness (QED) is 0.296. The van der Waals surface area contributed by atoms with Gasteiger partial charge in [-0.2, -0.15) is 5.10 Å². The van der Waals surface area contributed by atoms with Crippen LogP contribution in [-0.2, 0) is 24.4 Å². The smallest absolute Gasteiger partial charge is 0.274 e. The molecule has 3 rings (SSSR count). The Morgan fingerprint density at radius 1 is 1.15 bits per heavy atom. The normalized spacial score (nSPS) is 10.6. The highest BCUT2D eigenvalue weighted by Crippen LogP contribution is 2.22. The van der Waals surface area contributed by atoms with Gasteiger partial charge in [-0.25, -0.2) is 4.68 Å². The first-order valence-corrected chi connectivity index (χ1v) is 10.7. The fraction of sp³-hybridized carbons (Fsp3) is 0.273. The molecule has 0 saturated carbocycles. The van der Waals surface area contributed by atoms with Crippen LogP contribution in [0.4, 0.5) is 11.4 Å². The number of aryl methyl sites for hydroxylation is 2. The molecule has 1 aromatic heterocycles. The summed E-state index contributed by atoms with van der Waals surface area (Å²) < 4.78 is 3.44. The third-order valence-electron chi connectivity index (χ3n) is 5.10. The zero-order valence-electron chi connectivity index (χ0n) is 18.5. The molecule has 2 amide bonds. The molecule has 10 nitrogen and oxygen atoms in total. The number of anilines is 1. The number of amides is 2. The second-order valence-corrected chi connectivity index (χ2v) is 7.77. The summed E-state index contributed by atoms with van der Waals surface area (Å²) in [4.78, 5) is 35.7. The summed E-state index contributed by atoms with van der Waals surface area (Å²) in [5, 5.41) is 21.0. The fourth-order valence-corrected chi connectivity index (χ4v) is 3.68. The first-order chi connectivity index (χ1) is 15.7. The van der Waals surface area contributed by atoms with Crippen molar-refractivity contribution in [2.24, 2.45) is 0 Å². The molecule has 1 heterocycles. The lowest BCUT2D eigenvalue weighted by Gasteiger charge is -2.07. The van der Waals surface area contributed by atoms with Crippen molar-refractivity contribution >= 4 is 35.4 Å². The van der Waals surface area contributed by atoms with Crippen LogP contribution in [0.2, 0.25) is 0 Å². The summed E-state index contributed by atoms with van der Waals surface area (Å²) >= 11 is 5.44. The van der Waals surface area contributed by atoms with E-state index in [0.29, 0.717) is 34.0 Å². The molecule has 0 bridgehead atoms. The van der Waals surface area contributed by atoms with Crippen LogP contribution < -0.4 is 10.6 Å². The standard InChI is InChI=1S/C22H24N6O4S/c1-4-26-19(12-23-21(30)17-8-6-5-7-14(17)2)25-27(22(26)33)13-20(29)24-16-10-9-15(3)18(11-16)28(31)32/h5-11H,4,12-13H2,1-3H3,(H,23,30)(H,24,29). The van der Waals surface area contributed by atoms with Crippen LogP contribution in [0, 0.1) is 28.7 Å². The minimum Gasteiger partial charge on any atom is -0.345 e. The van der Waals surface area contributed by atoms with Crippen molar-refractivity contribution in [3.63, 3.8) is 0 Å². The van der Waals surface area contributed by atoms with Crippen molar-refractivity contribution in [2.75, 3.05) is 5.32 Å². The van der Waals surface area contributed by atoms with Gasteiger partial charge in [0.15, 0.2) is 10.6 Å². The number of carbonyl (C=O) groups excluding carboxylic acids is 2. The number of nitro benzene ring substituents is 1. The first kappa shape index (κ1) is 23.8. The van der Waals surface area contributed by atoms with Crippen LogP contribution in [-0.4, -0.2) is 31.1 Å². The summed E-state index contributed by atoms with van der Waals surface area (Å²) in [5.74, 6) is -0.140. The van der Waals surface area contributed by atoms with Gasteiger partial charge in [0, 0.05) is 29.4 Å². The summed E-state index contributed by atoms with van der Waals surface area (Å²) in [6.45, 7) is 5.86. The lowest BCUT2D eigenvalue weighted by atomic mass is 10.1. The van der Waals surface area contributed by atoms with E-state index in [-0.39, 0.29) is 24.7 Å². The second kappa shape index (κ2) is 10.2. The van der Waals surface area contributed by atoms with Gasteiger partial charge in [-0.05, 0) is 50.7 Å². The number of nitro groups is 1. The minimum absolute atomic E-state index is 0.0775. The Hall–Kier alpha value is -3.86. The second-order valence-electron chi connectivity index (χ2n) is 7.40. The molecule has 0 aliphatic rings. The van der Waals surface area contributed by atoms with Crippen molar-refractivity contribution in [1.82, 2.24) is 19.7 Å². The van der Waals surface area contributed by atoms with Gasteiger partial charge in [-0.15, -0.1) is 0 Å². The molecule has 2 aromatic carbocycles. The van der Waals surface area contributed by atoms with Crippen molar-refractivity contribution in [3.8, 4) is 0 Å². The van der Waals surface area contributed by atoms with Gasteiger partial charge in [0.05, 0.1) is 11.5 Å². The fourth-order valence-electron chi connectivity index (χ4n) is 3.34. The van der Waals surface area contributed by atoms with Crippen LogP contribution in [0.3, 0.4) is 0 Å². The largest absolute Gasteiger partial charge is 0.345 e. The van der Waals surface area contributed by atoms with Crippen LogP contribution >= 0.6 is 12.2 Å². The highest BCUT2D eigenvalue weighted by molar-refractivity contribution is 7.71. The number of rotatable bonds is 8. The van der Waals surface area contributed by atoms with Gasteiger partial charge < -0.3 is 15.2 Å². The minimum atomic E-state index is -0.499. The van der Waals surface area contributed by atoms with E-state index in [9.17, 15) is 19.7 Å². The maximum atomic E-state index is 12.5. The van der Waals surface area contributed by atoms with E-state index in [1.807, 2.05) is 26.0 Å².